The van der Waals surface area contributed by atoms with Crippen molar-refractivity contribution >= 4 is 5.97 Å². The molecule has 1 aliphatic rings. The highest BCUT2D eigenvalue weighted by Crippen LogP contribution is 2.48. The molecule has 0 spiro atoms. The van der Waals surface area contributed by atoms with E-state index in [4.69, 9.17) is 4.74 Å². The monoisotopic (exact) mass is 238 g/mol. The van der Waals surface area contributed by atoms with Crippen molar-refractivity contribution in [2.45, 2.75) is 60.8 Å². The molecule has 2 nitrogen and oxygen atoms in total. The summed E-state index contributed by atoms with van der Waals surface area (Å²) in [5.41, 5.74) is 2.67. The Kier molecular flexibility index (Phi) is 4.06. The van der Waals surface area contributed by atoms with E-state index in [1.165, 1.54) is 12.0 Å². The molecule has 0 aromatic carbocycles. The molecule has 0 bridgehead atoms. The first-order chi connectivity index (χ1) is 7.67. The number of carbonyl (C=O) groups is 1. The molecule has 0 N–H and O–H groups in total. The van der Waals surface area contributed by atoms with Gasteiger partial charge in [0.2, 0.25) is 0 Å². The average molecular weight is 238 g/mol. The van der Waals surface area contributed by atoms with E-state index in [0.29, 0.717) is 6.61 Å². The third-order valence-electron chi connectivity index (χ3n) is 3.45. The van der Waals surface area contributed by atoms with Crippen LogP contribution < -0.4 is 0 Å². The maximum atomic E-state index is 11.8. The van der Waals surface area contributed by atoms with Gasteiger partial charge in [-0.05, 0) is 43.9 Å². The highest BCUT2D eigenvalue weighted by atomic mass is 16.5. The summed E-state index contributed by atoms with van der Waals surface area (Å²) in [7, 11) is 0. The van der Waals surface area contributed by atoms with E-state index in [2.05, 4.69) is 27.7 Å². The summed E-state index contributed by atoms with van der Waals surface area (Å²) < 4.78 is 5.10. The molecule has 0 aliphatic heterocycles. The zero-order valence-corrected chi connectivity index (χ0v) is 12.1. The van der Waals surface area contributed by atoms with E-state index in [1.807, 2.05) is 13.8 Å². The van der Waals surface area contributed by atoms with Crippen molar-refractivity contribution in [1.29, 1.82) is 0 Å². The number of carbonyl (C=O) groups excluding carboxylic acids is 1. The van der Waals surface area contributed by atoms with E-state index in [9.17, 15) is 4.79 Å². The molecule has 1 rings (SSSR count). The normalized spacial score (nSPS) is 22.1. The SMILES string of the molecule is CCOC(=O)C(C)=C1CC(C)(C)CC(C)(C)C1. The van der Waals surface area contributed by atoms with Crippen LogP contribution in [-0.4, -0.2) is 12.6 Å². The number of allylic oxidation sites excluding steroid dienone is 1. The molecule has 0 aromatic heterocycles. The molecule has 17 heavy (non-hydrogen) atoms. The van der Waals surface area contributed by atoms with Crippen LogP contribution in [-0.2, 0) is 9.53 Å². The van der Waals surface area contributed by atoms with Gasteiger partial charge in [0.05, 0.1) is 6.61 Å². The summed E-state index contributed by atoms with van der Waals surface area (Å²) in [6, 6.07) is 0. The first-order valence-corrected chi connectivity index (χ1v) is 6.53. The molecule has 0 atom stereocenters. The second-order valence-corrected chi connectivity index (χ2v) is 6.81. The summed E-state index contributed by atoms with van der Waals surface area (Å²) in [6.07, 6.45) is 3.24. The van der Waals surface area contributed by atoms with E-state index in [0.717, 1.165) is 18.4 Å². The van der Waals surface area contributed by atoms with Gasteiger partial charge in [0.1, 0.15) is 0 Å². The third kappa shape index (κ3) is 3.86. The number of esters is 1. The summed E-state index contributed by atoms with van der Waals surface area (Å²) in [5, 5.41) is 0. The predicted octanol–water partition coefficient (Wildman–Crippen LogP) is 4.10. The molecule has 1 saturated carbocycles. The molecule has 0 heterocycles. The standard InChI is InChI=1S/C15H26O2/c1-7-17-13(16)11(2)12-8-14(3,4)10-15(5,6)9-12/h7-10H2,1-6H3. The highest BCUT2D eigenvalue weighted by molar-refractivity contribution is 5.88. The third-order valence-corrected chi connectivity index (χ3v) is 3.45. The van der Waals surface area contributed by atoms with Crippen LogP contribution in [0.1, 0.15) is 60.8 Å². The minimum Gasteiger partial charge on any atom is -0.463 e. The lowest BCUT2D eigenvalue weighted by molar-refractivity contribution is -0.138. The zero-order valence-electron chi connectivity index (χ0n) is 12.1. The van der Waals surface area contributed by atoms with Gasteiger partial charge in [-0.1, -0.05) is 33.3 Å². The smallest absolute Gasteiger partial charge is 0.333 e. The van der Waals surface area contributed by atoms with Crippen LogP contribution in [0.5, 0.6) is 0 Å². The average Bonchev–Trinajstić information content (AvgIpc) is 2.12. The van der Waals surface area contributed by atoms with Gasteiger partial charge < -0.3 is 4.74 Å². The second kappa shape index (κ2) is 4.83. The summed E-state index contributed by atoms with van der Waals surface area (Å²) >= 11 is 0. The van der Waals surface area contributed by atoms with Gasteiger partial charge in [-0.15, -0.1) is 0 Å². The lowest BCUT2D eigenvalue weighted by Gasteiger charge is -2.42. The maximum absolute atomic E-state index is 11.8. The minimum atomic E-state index is -0.143. The molecular weight excluding hydrogens is 212 g/mol. The Labute approximate surface area is 105 Å². The minimum absolute atomic E-state index is 0.143. The Balaban J connectivity index is 2.97. The van der Waals surface area contributed by atoms with Crippen LogP contribution in [0.3, 0.4) is 0 Å². The topological polar surface area (TPSA) is 26.3 Å². The fourth-order valence-electron chi connectivity index (χ4n) is 3.29. The first-order valence-electron chi connectivity index (χ1n) is 6.53. The number of hydrogen-bond donors (Lipinski definition) is 0. The summed E-state index contributed by atoms with van der Waals surface area (Å²) in [6.45, 7) is 13.4. The predicted molar refractivity (Wildman–Crippen MR) is 70.7 cm³/mol. The van der Waals surface area contributed by atoms with E-state index < -0.39 is 0 Å². The van der Waals surface area contributed by atoms with Gasteiger partial charge >= 0.3 is 5.97 Å². The van der Waals surface area contributed by atoms with Gasteiger partial charge in [0.15, 0.2) is 0 Å². The fourth-order valence-corrected chi connectivity index (χ4v) is 3.29. The van der Waals surface area contributed by atoms with Crippen molar-refractivity contribution in [2.75, 3.05) is 6.61 Å². The van der Waals surface area contributed by atoms with Crippen molar-refractivity contribution in [3.8, 4) is 0 Å². The summed E-state index contributed by atoms with van der Waals surface area (Å²) in [4.78, 5) is 11.8. The largest absolute Gasteiger partial charge is 0.463 e. The molecular formula is C15H26O2. The number of ether oxygens (including phenoxy) is 1. The maximum Gasteiger partial charge on any atom is 0.333 e. The van der Waals surface area contributed by atoms with Crippen molar-refractivity contribution in [3.05, 3.63) is 11.1 Å². The van der Waals surface area contributed by atoms with Gasteiger partial charge in [0, 0.05) is 5.57 Å². The van der Waals surface area contributed by atoms with Crippen molar-refractivity contribution < 1.29 is 9.53 Å². The van der Waals surface area contributed by atoms with Crippen molar-refractivity contribution in [1.82, 2.24) is 0 Å². The quantitative estimate of drug-likeness (QED) is 0.534. The fraction of sp³-hybridized carbons (Fsp3) is 0.800. The molecule has 2 heteroatoms. The molecule has 0 aromatic rings. The first kappa shape index (κ1) is 14.3. The zero-order chi connectivity index (χ0) is 13.3. The van der Waals surface area contributed by atoms with Gasteiger partial charge in [-0.2, -0.15) is 0 Å². The number of hydrogen-bond acceptors (Lipinski definition) is 2. The second-order valence-electron chi connectivity index (χ2n) is 6.81. The van der Waals surface area contributed by atoms with E-state index in [1.54, 1.807) is 0 Å². The van der Waals surface area contributed by atoms with Crippen LogP contribution in [0.4, 0.5) is 0 Å². The van der Waals surface area contributed by atoms with Gasteiger partial charge in [-0.25, -0.2) is 4.79 Å². The molecule has 0 saturated heterocycles. The van der Waals surface area contributed by atoms with Crippen molar-refractivity contribution in [2.24, 2.45) is 10.8 Å². The van der Waals surface area contributed by atoms with Crippen LogP contribution in [0.25, 0.3) is 0 Å². The summed E-state index contributed by atoms with van der Waals surface area (Å²) in [5.74, 6) is -0.143. The molecule has 98 valence electrons. The molecule has 1 fully saturated rings. The molecule has 0 amide bonds. The molecule has 1 aliphatic carbocycles. The lowest BCUT2D eigenvalue weighted by Crippen LogP contribution is -2.31. The Bertz CT molecular complexity index is 317. The van der Waals surface area contributed by atoms with Gasteiger partial charge in [-0.3, -0.25) is 0 Å². The van der Waals surface area contributed by atoms with Crippen LogP contribution in [0.2, 0.25) is 0 Å². The van der Waals surface area contributed by atoms with Crippen LogP contribution in [0, 0.1) is 10.8 Å². The van der Waals surface area contributed by atoms with Gasteiger partial charge in [0.25, 0.3) is 0 Å². The Morgan fingerprint density at radius 3 is 2.06 bits per heavy atom. The van der Waals surface area contributed by atoms with E-state index >= 15 is 0 Å². The van der Waals surface area contributed by atoms with Crippen molar-refractivity contribution in [3.63, 3.8) is 0 Å². The molecule has 0 radical (unpaired) electrons. The molecule has 0 unspecified atom stereocenters. The Morgan fingerprint density at radius 2 is 1.65 bits per heavy atom. The Morgan fingerprint density at radius 1 is 1.18 bits per heavy atom. The van der Waals surface area contributed by atoms with E-state index in [-0.39, 0.29) is 16.8 Å². The Hall–Kier alpha value is -0.790. The lowest BCUT2D eigenvalue weighted by atomic mass is 9.63. The highest BCUT2D eigenvalue weighted by Gasteiger charge is 2.36. The van der Waals surface area contributed by atoms with Crippen LogP contribution >= 0.6 is 0 Å². The number of rotatable bonds is 2. The van der Waals surface area contributed by atoms with Crippen LogP contribution in [0.15, 0.2) is 11.1 Å².